The second-order valence-corrected chi connectivity index (χ2v) is 8.16. The van der Waals surface area contributed by atoms with Crippen LogP contribution in [0, 0.1) is 5.82 Å². The summed E-state index contributed by atoms with van der Waals surface area (Å²) >= 11 is 6.21. The number of aromatic nitrogens is 1. The van der Waals surface area contributed by atoms with Gasteiger partial charge in [-0.2, -0.15) is 26.3 Å². The van der Waals surface area contributed by atoms with Gasteiger partial charge in [-0.1, -0.05) is 29.8 Å². The highest BCUT2D eigenvalue weighted by molar-refractivity contribution is 6.30. The summed E-state index contributed by atoms with van der Waals surface area (Å²) in [5, 5.41) is 9.32. The summed E-state index contributed by atoms with van der Waals surface area (Å²) in [6.45, 7) is -0.382. The fraction of sp³-hybridized carbons (Fsp3) is 0.250. The lowest BCUT2D eigenvalue weighted by atomic mass is 9.97. The molecular formula is C24H18ClF7N2O2. The molecule has 36 heavy (non-hydrogen) atoms. The number of benzene rings is 2. The Kier molecular flexibility index (Phi) is 7.94. The lowest BCUT2D eigenvalue weighted by Crippen LogP contribution is -2.35. The molecular weight excluding hydrogens is 517 g/mol. The third kappa shape index (κ3) is 5.96. The molecule has 3 aromatic rings. The van der Waals surface area contributed by atoms with E-state index < -0.39 is 60.0 Å². The van der Waals surface area contributed by atoms with Crippen LogP contribution in [0.15, 0.2) is 54.7 Å². The highest BCUT2D eigenvalue weighted by Crippen LogP contribution is 2.39. The third-order valence-electron chi connectivity index (χ3n) is 5.51. The standard InChI is InChI=1S/C24H18ClF7N2O2/c1-13(14-8-15(23(27,28)29)10-16(9-14)24(30,31)32)34(21(36)12-35)11-19-17(6-7-33-22(19)25)18-4-2-3-5-20(18)26/h2-10,13,35H,11-12H2,1H3. The van der Waals surface area contributed by atoms with Crippen LogP contribution in [-0.2, 0) is 23.7 Å². The minimum atomic E-state index is -5.09. The number of hydrogen-bond donors (Lipinski definition) is 1. The number of carbonyl (C=O) groups is 1. The summed E-state index contributed by atoms with van der Waals surface area (Å²) in [7, 11) is 0. The van der Waals surface area contributed by atoms with E-state index in [1.165, 1.54) is 43.5 Å². The molecule has 0 aliphatic heterocycles. The Bertz CT molecular complexity index is 1230. The van der Waals surface area contributed by atoms with Crippen molar-refractivity contribution in [2.75, 3.05) is 6.61 Å². The number of halogens is 8. The molecule has 4 nitrogen and oxygen atoms in total. The van der Waals surface area contributed by atoms with Crippen molar-refractivity contribution in [2.45, 2.75) is 31.9 Å². The van der Waals surface area contributed by atoms with Crippen LogP contribution in [0.3, 0.4) is 0 Å². The number of nitrogens with zero attached hydrogens (tertiary/aromatic N) is 2. The van der Waals surface area contributed by atoms with E-state index in [0.717, 1.165) is 4.90 Å². The van der Waals surface area contributed by atoms with Crippen molar-refractivity contribution in [3.63, 3.8) is 0 Å². The summed E-state index contributed by atoms with van der Waals surface area (Å²) < 4.78 is 94.6. The molecule has 1 N–H and O–H groups in total. The molecule has 0 bridgehead atoms. The second-order valence-electron chi connectivity index (χ2n) is 7.80. The van der Waals surface area contributed by atoms with Crippen molar-refractivity contribution in [3.05, 3.63) is 88.0 Å². The predicted octanol–water partition coefficient (Wildman–Crippen LogP) is 6.66. The molecule has 3 rings (SSSR count). The average molecular weight is 535 g/mol. The van der Waals surface area contributed by atoms with Crippen LogP contribution in [0.2, 0.25) is 5.15 Å². The largest absolute Gasteiger partial charge is 0.416 e. The van der Waals surface area contributed by atoms with Gasteiger partial charge in [0.1, 0.15) is 17.6 Å². The predicted molar refractivity (Wildman–Crippen MR) is 117 cm³/mol. The first-order valence-electron chi connectivity index (χ1n) is 10.3. The highest BCUT2D eigenvalue weighted by atomic mass is 35.5. The maximum absolute atomic E-state index is 14.5. The molecule has 1 aromatic heterocycles. The van der Waals surface area contributed by atoms with Gasteiger partial charge < -0.3 is 10.0 Å². The first kappa shape index (κ1) is 27.4. The zero-order chi connectivity index (χ0) is 26.8. The monoisotopic (exact) mass is 534 g/mol. The van der Waals surface area contributed by atoms with Gasteiger partial charge in [0.2, 0.25) is 5.91 Å². The molecule has 0 radical (unpaired) electrons. The van der Waals surface area contributed by atoms with Gasteiger partial charge in [-0.3, -0.25) is 4.79 Å². The summed E-state index contributed by atoms with van der Waals surface area (Å²) in [6, 6.07) is 6.58. The first-order chi connectivity index (χ1) is 16.7. The van der Waals surface area contributed by atoms with Crippen LogP contribution in [-0.4, -0.2) is 27.5 Å². The van der Waals surface area contributed by atoms with E-state index in [1.807, 2.05) is 0 Å². The summed E-state index contributed by atoms with van der Waals surface area (Å²) in [6.07, 6.45) is -8.91. The Labute approximate surface area is 205 Å². The summed E-state index contributed by atoms with van der Waals surface area (Å²) in [5.74, 6) is -1.64. The Morgan fingerprint density at radius 3 is 2.11 bits per heavy atom. The number of rotatable bonds is 6. The number of carbonyl (C=O) groups excluding carboxylic acids is 1. The molecule has 192 valence electrons. The fourth-order valence-electron chi connectivity index (χ4n) is 3.65. The molecule has 0 aliphatic carbocycles. The Balaban J connectivity index is 2.14. The van der Waals surface area contributed by atoms with E-state index in [2.05, 4.69) is 4.98 Å². The summed E-state index contributed by atoms with van der Waals surface area (Å²) in [4.78, 5) is 17.4. The van der Waals surface area contributed by atoms with Crippen molar-refractivity contribution in [1.82, 2.24) is 9.88 Å². The van der Waals surface area contributed by atoms with Gasteiger partial charge in [-0.15, -0.1) is 0 Å². The number of aliphatic hydroxyl groups is 1. The molecule has 1 heterocycles. The quantitative estimate of drug-likeness (QED) is 0.284. The van der Waals surface area contributed by atoms with Gasteiger partial charge in [0, 0.05) is 23.9 Å². The number of alkyl halides is 6. The molecule has 2 aromatic carbocycles. The molecule has 0 saturated carbocycles. The van der Waals surface area contributed by atoms with Crippen molar-refractivity contribution < 1.29 is 40.6 Å². The number of hydrogen-bond acceptors (Lipinski definition) is 3. The van der Waals surface area contributed by atoms with E-state index in [1.54, 1.807) is 0 Å². The smallest absolute Gasteiger partial charge is 0.387 e. The number of aliphatic hydroxyl groups excluding tert-OH is 1. The van der Waals surface area contributed by atoms with E-state index in [9.17, 15) is 40.6 Å². The van der Waals surface area contributed by atoms with Crippen molar-refractivity contribution in [3.8, 4) is 11.1 Å². The van der Waals surface area contributed by atoms with E-state index in [4.69, 9.17) is 11.6 Å². The minimum Gasteiger partial charge on any atom is -0.387 e. The Hall–Kier alpha value is -3.18. The number of pyridine rings is 1. The van der Waals surface area contributed by atoms with Crippen molar-refractivity contribution in [2.24, 2.45) is 0 Å². The lowest BCUT2D eigenvalue weighted by molar-refractivity contribution is -0.143. The van der Waals surface area contributed by atoms with Gasteiger partial charge in [-0.25, -0.2) is 9.37 Å². The number of amides is 1. The summed E-state index contributed by atoms with van der Waals surface area (Å²) in [5.41, 5.74) is -3.22. The zero-order valence-electron chi connectivity index (χ0n) is 18.5. The highest BCUT2D eigenvalue weighted by Gasteiger charge is 2.38. The molecule has 0 saturated heterocycles. The van der Waals surface area contributed by atoms with Crippen LogP contribution in [0.1, 0.15) is 35.2 Å². The van der Waals surface area contributed by atoms with Gasteiger partial charge in [-0.05, 0) is 48.4 Å². The van der Waals surface area contributed by atoms with Crippen LogP contribution >= 0.6 is 11.6 Å². The topological polar surface area (TPSA) is 53.4 Å². The Morgan fingerprint density at radius 1 is 1.00 bits per heavy atom. The maximum Gasteiger partial charge on any atom is 0.416 e. The van der Waals surface area contributed by atoms with Crippen LogP contribution in [0.4, 0.5) is 30.7 Å². The average Bonchev–Trinajstić information content (AvgIpc) is 2.81. The molecule has 0 aliphatic rings. The van der Waals surface area contributed by atoms with Crippen molar-refractivity contribution >= 4 is 17.5 Å². The SMILES string of the molecule is CC(c1cc(C(F)(F)F)cc(C(F)(F)F)c1)N(Cc1c(-c2ccccc2F)ccnc1Cl)C(=O)CO. The Morgan fingerprint density at radius 2 is 1.58 bits per heavy atom. The van der Waals surface area contributed by atoms with Gasteiger partial charge >= 0.3 is 12.4 Å². The molecule has 0 spiro atoms. The van der Waals surface area contributed by atoms with E-state index in [0.29, 0.717) is 12.1 Å². The van der Waals surface area contributed by atoms with Crippen LogP contribution < -0.4 is 0 Å². The van der Waals surface area contributed by atoms with Gasteiger partial charge in [0.05, 0.1) is 17.2 Å². The van der Waals surface area contributed by atoms with E-state index in [-0.39, 0.29) is 27.9 Å². The second kappa shape index (κ2) is 10.4. The fourth-order valence-corrected chi connectivity index (χ4v) is 3.87. The molecule has 1 amide bonds. The maximum atomic E-state index is 14.5. The van der Waals surface area contributed by atoms with E-state index >= 15 is 0 Å². The molecule has 12 heteroatoms. The molecule has 0 fully saturated rings. The first-order valence-corrected chi connectivity index (χ1v) is 10.7. The molecule has 1 unspecified atom stereocenters. The van der Waals surface area contributed by atoms with Crippen LogP contribution in [0.5, 0.6) is 0 Å². The zero-order valence-corrected chi connectivity index (χ0v) is 19.2. The third-order valence-corrected chi connectivity index (χ3v) is 5.84. The van der Waals surface area contributed by atoms with Gasteiger partial charge in [0.15, 0.2) is 0 Å². The van der Waals surface area contributed by atoms with Gasteiger partial charge in [0.25, 0.3) is 0 Å². The van der Waals surface area contributed by atoms with Crippen LogP contribution in [0.25, 0.3) is 11.1 Å². The molecule has 1 atom stereocenters. The lowest BCUT2D eigenvalue weighted by Gasteiger charge is -2.31. The normalized spacial score (nSPS) is 12.9. The minimum absolute atomic E-state index is 0.0251. The van der Waals surface area contributed by atoms with Crippen molar-refractivity contribution in [1.29, 1.82) is 0 Å².